The molecule has 3 aliphatic heterocycles. The molecule has 2 aromatic rings. The smallest absolute Gasteiger partial charge is 0.231 e. The minimum atomic E-state index is -0.149. The number of benzene rings is 2. The Balaban J connectivity index is 1.82. The number of hydrogen-bond acceptors (Lipinski definition) is 12. The lowest BCUT2D eigenvalue weighted by Crippen LogP contribution is -2.31. The summed E-state index contributed by atoms with van der Waals surface area (Å²) in [5, 5.41) is 18.7. The van der Waals surface area contributed by atoms with E-state index in [4.69, 9.17) is 0 Å². The Kier molecular flexibility index (Phi) is 21.7. The molecule has 5 rings (SSSR count). The van der Waals surface area contributed by atoms with Crippen LogP contribution in [0, 0.1) is 0 Å². The van der Waals surface area contributed by atoms with Gasteiger partial charge in [0.15, 0.2) is 0 Å². The van der Waals surface area contributed by atoms with Gasteiger partial charge in [-0.2, -0.15) is 0 Å². The SMILES string of the molecule is CCc1c2c(CC)c3c(CC)c1CNC(=O)CSSCC(=O)NCc1c(CC)c(c(CC)c(c1CC)CNC(=O)CSSCC(=O)NC3)CNC(=O)CSSCC(=O)NC2. The molecule has 12 nitrogen and oxygen atoms in total. The third kappa shape index (κ3) is 13.9. The van der Waals surface area contributed by atoms with Gasteiger partial charge in [-0.25, -0.2) is 0 Å². The summed E-state index contributed by atoms with van der Waals surface area (Å²) in [4.78, 5) is 79.7. The van der Waals surface area contributed by atoms with E-state index in [-0.39, 0.29) is 109 Å². The second kappa shape index (κ2) is 26.1. The van der Waals surface area contributed by atoms with E-state index in [1.54, 1.807) is 0 Å². The number of rotatable bonds is 6. The second-order valence-electron chi connectivity index (χ2n) is 14.1. The largest absolute Gasteiger partial charge is 0.351 e. The molecule has 6 bridgehead atoms. The van der Waals surface area contributed by atoms with Crippen molar-refractivity contribution in [2.45, 2.75) is 119 Å². The summed E-state index contributed by atoms with van der Waals surface area (Å²) in [6, 6.07) is 0. The van der Waals surface area contributed by atoms with Crippen LogP contribution in [0.2, 0.25) is 0 Å². The monoisotopic (exact) mass is 936 g/mol. The van der Waals surface area contributed by atoms with Crippen LogP contribution in [0.1, 0.15) is 108 Å². The van der Waals surface area contributed by atoms with Crippen molar-refractivity contribution in [3.05, 3.63) is 66.8 Å². The third-order valence-corrected chi connectivity index (χ3v) is 17.1. The second-order valence-corrected chi connectivity index (χ2v) is 21.5. The molecule has 0 unspecified atom stereocenters. The first-order chi connectivity index (χ1) is 29.0. The van der Waals surface area contributed by atoms with Crippen LogP contribution in [0.3, 0.4) is 0 Å². The van der Waals surface area contributed by atoms with E-state index in [0.29, 0.717) is 38.5 Å². The molecule has 3 heterocycles. The normalized spacial score (nSPS) is 17.7. The van der Waals surface area contributed by atoms with Crippen molar-refractivity contribution in [3.8, 4) is 0 Å². The quantitative estimate of drug-likeness (QED) is 0.198. The molecule has 0 aromatic heterocycles. The van der Waals surface area contributed by atoms with E-state index in [9.17, 15) is 28.8 Å². The zero-order chi connectivity index (χ0) is 43.6. The van der Waals surface area contributed by atoms with Crippen LogP contribution < -0.4 is 31.9 Å². The molecule has 330 valence electrons. The average Bonchev–Trinajstić information content (AvgIpc) is 3.24. The van der Waals surface area contributed by atoms with Crippen molar-refractivity contribution < 1.29 is 28.8 Å². The topological polar surface area (TPSA) is 175 Å². The van der Waals surface area contributed by atoms with Gasteiger partial charge in [-0.15, -0.1) is 0 Å². The van der Waals surface area contributed by atoms with Crippen LogP contribution in [-0.4, -0.2) is 70.0 Å². The molecule has 0 saturated heterocycles. The Bertz CT molecular complexity index is 1510. The van der Waals surface area contributed by atoms with E-state index in [1.807, 2.05) is 0 Å². The average molecular weight is 937 g/mol. The maximum absolute atomic E-state index is 13.3. The maximum Gasteiger partial charge on any atom is 0.231 e. The Morgan fingerprint density at radius 2 is 0.417 bits per heavy atom. The highest BCUT2D eigenvalue weighted by atomic mass is 33.1. The first-order valence-electron chi connectivity index (χ1n) is 20.7. The summed E-state index contributed by atoms with van der Waals surface area (Å²) in [5.41, 5.74) is 12.3. The molecule has 0 aliphatic carbocycles. The zero-order valence-corrected chi connectivity index (χ0v) is 40.5. The van der Waals surface area contributed by atoms with Crippen molar-refractivity contribution in [2.24, 2.45) is 0 Å². The first-order valence-corrected chi connectivity index (χ1v) is 28.1. The molecular formula is C42H60N6O6S6. The van der Waals surface area contributed by atoms with Crippen molar-refractivity contribution in [2.75, 3.05) is 34.5 Å². The number of carbonyl (C=O) groups is 6. The van der Waals surface area contributed by atoms with Gasteiger partial charge in [0.05, 0.1) is 34.5 Å². The van der Waals surface area contributed by atoms with Crippen LogP contribution in [0.5, 0.6) is 0 Å². The van der Waals surface area contributed by atoms with E-state index in [2.05, 4.69) is 73.4 Å². The van der Waals surface area contributed by atoms with E-state index in [0.717, 1.165) is 66.8 Å². The highest BCUT2D eigenvalue weighted by Gasteiger charge is 2.25. The van der Waals surface area contributed by atoms with E-state index < -0.39 is 0 Å². The molecule has 6 N–H and O–H groups in total. The first kappa shape index (κ1) is 50.0. The van der Waals surface area contributed by atoms with Crippen LogP contribution in [0.15, 0.2) is 0 Å². The van der Waals surface area contributed by atoms with E-state index in [1.165, 1.54) is 64.8 Å². The Labute approximate surface area is 379 Å². The van der Waals surface area contributed by atoms with Crippen molar-refractivity contribution >= 4 is 100 Å². The van der Waals surface area contributed by atoms with Crippen LogP contribution >= 0.6 is 64.8 Å². The predicted octanol–water partition coefficient (Wildman–Crippen LogP) is 5.63. The number of amides is 6. The third-order valence-electron chi connectivity index (χ3n) is 10.7. The lowest BCUT2D eigenvalue weighted by molar-refractivity contribution is -0.119. The summed E-state index contributed by atoms with van der Waals surface area (Å²) < 4.78 is 0. The summed E-state index contributed by atoms with van der Waals surface area (Å²) in [5.74, 6) is 0.0661. The van der Waals surface area contributed by atoms with Crippen LogP contribution in [0.4, 0.5) is 0 Å². The molecule has 18 heteroatoms. The van der Waals surface area contributed by atoms with Gasteiger partial charge in [-0.1, -0.05) is 106 Å². The summed E-state index contributed by atoms with van der Waals surface area (Å²) in [6.07, 6.45) is 4.05. The summed E-state index contributed by atoms with van der Waals surface area (Å²) in [6.45, 7) is 14.1. The lowest BCUT2D eigenvalue weighted by Gasteiger charge is -2.27. The van der Waals surface area contributed by atoms with Gasteiger partial charge in [0.25, 0.3) is 0 Å². The Morgan fingerprint density at radius 3 is 0.533 bits per heavy atom. The highest BCUT2D eigenvalue weighted by molar-refractivity contribution is 8.77. The predicted molar refractivity (Wildman–Crippen MR) is 255 cm³/mol. The van der Waals surface area contributed by atoms with Gasteiger partial charge in [-0.05, 0) is 105 Å². The minimum Gasteiger partial charge on any atom is -0.351 e. The van der Waals surface area contributed by atoms with Crippen molar-refractivity contribution in [1.82, 2.24) is 31.9 Å². The molecule has 0 radical (unpaired) electrons. The number of hydrogen-bond donors (Lipinski definition) is 6. The van der Waals surface area contributed by atoms with Crippen LogP contribution in [0.25, 0.3) is 0 Å². The Hall–Kier alpha value is -2.64. The molecule has 0 atom stereocenters. The lowest BCUT2D eigenvalue weighted by atomic mass is 9.83. The standard InChI is InChI=1S/C42H60N6O6S6/c1-7-25-31-13-43-37(49)19-55-57-22-40(52)46-16-34-28(10-4)35-17-47-41(53)23-58-56-20-38(50)44-14-32(25)27(9-3)33(26(31)8-2)15-45-39(51)21-59-60-24-42(54)48-18-36(29(34)11-5)30(35)12-6/h7-24H2,1-6H3,(H,43,49)(H,44,50)(H,45,51)(H,46,52)(H,47,53)(H,48,54). The minimum absolute atomic E-state index is 0.149. The molecule has 0 fully saturated rings. The molecule has 0 spiro atoms. The maximum atomic E-state index is 13.3. The van der Waals surface area contributed by atoms with Crippen molar-refractivity contribution in [3.63, 3.8) is 0 Å². The van der Waals surface area contributed by atoms with E-state index >= 15 is 0 Å². The fraction of sp³-hybridized carbons (Fsp3) is 0.571. The number of carbonyl (C=O) groups excluding carboxylic acids is 6. The molecule has 3 aliphatic rings. The Morgan fingerprint density at radius 1 is 0.283 bits per heavy atom. The van der Waals surface area contributed by atoms with Crippen molar-refractivity contribution in [1.29, 1.82) is 0 Å². The zero-order valence-electron chi connectivity index (χ0n) is 35.6. The molecule has 60 heavy (non-hydrogen) atoms. The molecular weight excluding hydrogens is 877 g/mol. The molecule has 2 aromatic carbocycles. The fourth-order valence-electron chi connectivity index (χ4n) is 8.03. The number of fused-ring (bicyclic) bond motifs is 27. The fourth-order valence-corrected chi connectivity index (χ4v) is 13.2. The van der Waals surface area contributed by atoms with Crippen LogP contribution in [-0.2, 0) is 107 Å². The molecule has 6 amide bonds. The number of nitrogens with one attached hydrogen (secondary N) is 6. The summed E-state index contributed by atoms with van der Waals surface area (Å²) >= 11 is 0. The van der Waals surface area contributed by atoms with Gasteiger partial charge in [-0.3, -0.25) is 28.8 Å². The van der Waals surface area contributed by atoms with Gasteiger partial charge in [0.2, 0.25) is 35.4 Å². The molecule has 0 saturated carbocycles. The van der Waals surface area contributed by atoms with Gasteiger partial charge in [0.1, 0.15) is 0 Å². The van der Waals surface area contributed by atoms with Gasteiger partial charge < -0.3 is 31.9 Å². The highest BCUT2D eigenvalue weighted by Crippen LogP contribution is 2.33. The summed E-state index contributed by atoms with van der Waals surface area (Å²) in [7, 11) is 7.96. The van der Waals surface area contributed by atoms with Gasteiger partial charge >= 0.3 is 0 Å². The van der Waals surface area contributed by atoms with Gasteiger partial charge in [0, 0.05) is 39.3 Å².